The van der Waals surface area contributed by atoms with Crippen molar-refractivity contribution in [1.29, 1.82) is 5.26 Å². The second-order valence-electron chi connectivity index (χ2n) is 4.76. The fourth-order valence-electron chi connectivity index (χ4n) is 2.10. The highest BCUT2D eigenvalue weighted by atomic mass is 16.5. The molecule has 0 aliphatic carbocycles. The summed E-state index contributed by atoms with van der Waals surface area (Å²) in [5, 5.41) is 8.85. The Morgan fingerprint density at radius 1 is 1.00 bits per heavy atom. The Balaban J connectivity index is 2.17. The van der Waals surface area contributed by atoms with Crippen molar-refractivity contribution >= 4 is 0 Å². The normalized spacial score (nSPS) is 10.0. The van der Waals surface area contributed by atoms with Crippen LogP contribution in [0, 0.1) is 32.1 Å². The number of benzene rings is 2. The van der Waals surface area contributed by atoms with E-state index < -0.39 is 0 Å². The second-order valence-corrected chi connectivity index (χ2v) is 4.76. The molecule has 0 amide bonds. The lowest BCUT2D eigenvalue weighted by molar-refractivity contribution is 0.301. The van der Waals surface area contributed by atoms with Crippen LogP contribution in [0.5, 0.6) is 5.75 Å². The molecule has 0 spiro atoms. The smallest absolute Gasteiger partial charge is 0.125 e. The predicted molar refractivity (Wildman–Crippen MR) is 76.1 cm³/mol. The molecule has 0 aliphatic heterocycles. The number of hydrogen-bond donors (Lipinski definition) is 0. The minimum Gasteiger partial charge on any atom is -0.488 e. The fourth-order valence-corrected chi connectivity index (χ4v) is 2.10. The highest BCUT2D eigenvalue weighted by molar-refractivity contribution is 5.41. The van der Waals surface area contributed by atoms with Crippen molar-refractivity contribution in [2.24, 2.45) is 0 Å². The Labute approximate surface area is 114 Å². The number of nitrogens with zero attached hydrogens (tertiary/aromatic N) is 1. The molecule has 0 aliphatic rings. The van der Waals surface area contributed by atoms with E-state index in [1.807, 2.05) is 57.2 Å². The van der Waals surface area contributed by atoms with Crippen LogP contribution in [0.3, 0.4) is 0 Å². The van der Waals surface area contributed by atoms with Crippen LogP contribution in [0.4, 0.5) is 0 Å². The van der Waals surface area contributed by atoms with Crippen LogP contribution in [0.25, 0.3) is 0 Å². The van der Waals surface area contributed by atoms with Crippen LogP contribution in [-0.4, -0.2) is 0 Å². The van der Waals surface area contributed by atoms with Gasteiger partial charge in [0.05, 0.1) is 11.6 Å². The molecule has 0 N–H and O–H groups in total. The number of ether oxygens (including phenoxy) is 1. The summed E-state index contributed by atoms with van der Waals surface area (Å²) < 4.78 is 5.93. The van der Waals surface area contributed by atoms with Crippen molar-refractivity contribution in [3.8, 4) is 11.8 Å². The second kappa shape index (κ2) is 5.58. The number of para-hydroxylation sites is 1. The van der Waals surface area contributed by atoms with Gasteiger partial charge < -0.3 is 4.74 Å². The zero-order valence-corrected chi connectivity index (χ0v) is 11.5. The molecule has 2 aromatic rings. The van der Waals surface area contributed by atoms with Crippen molar-refractivity contribution in [2.75, 3.05) is 0 Å². The largest absolute Gasteiger partial charge is 0.488 e. The fraction of sp³-hybridized carbons (Fsp3) is 0.235. The van der Waals surface area contributed by atoms with Crippen LogP contribution in [0.1, 0.15) is 27.8 Å². The van der Waals surface area contributed by atoms with Gasteiger partial charge in [-0.05, 0) is 55.2 Å². The maximum atomic E-state index is 8.85. The third kappa shape index (κ3) is 2.95. The van der Waals surface area contributed by atoms with Gasteiger partial charge in [0.15, 0.2) is 0 Å². The number of hydrogen-bond acceptors (Lipinski definition) is 2. The zero-order valence-electron chi connectivity index (χ0n) is 11.5. The number of aryl methyl sites for hydroxylation is 3. The molecule has 2 rings (SSSR count). The summed E-state index contributed by atoms with van der Waals surface area (Å²) >= 11 is 0. The molecule has 0 fully saturated rings. The average Bonchev–Trinajstić information content (AvgIpc) is 2.39. The summed E-state index contributed by atoms with van der Waals surface area (Å²) in [4.78, 5) is 0. The van der Waals surface area contributed by atoms with Gasteiger partial charge in [-0.3, -0.25) is 0 Å². The van der Waals surface area contributed by atoms with Crippen molar-refractivity contribution in [1.82, 2.24) is 0 Å². The monoisotopic (exact) mass is 251 g/mol. The van der Waals surface area contributed by atoms with Gasteiger partial charge in [-0.1, -0.05) is 24.3 Å². The average molecular weight is 251 g/mol. The van der Waals surface area contributed by atoms with E-state index in [-0.39, 0.29) is 0 Å². The first kappa shape index (κ1) is 13.2. The molecule has 19 heavy (non-hydrogen) atoms. The van der Waals surface area contributed by atoms with Crippen LogP contribution in [0.15, 0.2) is 36.4 Å². The summed E-state index contributed by atoms with van der Waals surface area (Å²) in [6.45, 7) is 6.63. The van der Waals surface area contributed by atoms with E-state index in [4.69, 9.17) is 10.00 Å². The van der Waals surface area contributed by atoms with E-state index in [1.54, 1.807) is 0 Å². The van der Waals surface area contributed by atoms with E-state index in [0.717, 1.165) is 28.0 Å². The topological polar surface area (TPSA) is 33.0 Å². The lowest BCUT2D eigenvalue weighted by Gasteiger charge is -2.13. The van der Waals surface area contributed by atoms with Crippen molar-refractivity contribution in [3.05, 3.63) is 64.2 Å². The molecule has 0 radical (unpaired) electrons. The molecular formula is C17H17NO. The maximum Gasteiger partial charge on any atom is 0.125 e. The van der Waals surface area contributed by atoms with E-state index in [1.165, 1.54) is 0 Å². The quantitative estimate of drug-likeness (QED) is 0.824. The Morgan fingerprint density at radius 3 is 2.26 bits per heavy atom. The molecule has 0 heterocycles. The molecule has 2 nitrogen and oxygen atoms in total. The van der Waals surface area contributed by atoms with Crippen LogP contribution in [0.2, 0.25) is 0 Å². The lowest BCUT2D eigenvalue weighted by atomic mass is 10.1. The van der Waals surface area contributed by atoms with Gasteiger partial charge in [-0.2, -0.15) is 5.26 Å². The lowest BCUT2D eigenvalue weighted by Crippen LogP contribution is -2.01. The first-order valence-electron chi connectivity index (χ1n) is 6.30. The molecule has 0 saturated heterocycles. The predicted octanol–water partition coefficient (Wildman–Crippen LogP) is 4.06. The van der Waals surface area contributed by atoms with Gasteiger partial charge >= 0.3 is 0 Å². The zero-order chi connectivity index (χ0) is 13.8. The standard InChI is InChI=1S/C17H17NO/c1-12-5-4-6-13(2)17(12)19-11-16-8-7-15(10-18)9-14(16)3/h4-9H,11H2,1-3H3. The maximum absolute atomic E-state index is 8.85. The summed E-state index contributed by atoms with van der Waals surface area (Å²) in [5.41, 5.74) is 5.18. The minimum atomic E-state index is 0.531. The Kier molecular flexibility index (Phi) is 3.87. The third-order valence-electron chi connectivity index (χ3n) is 3.25. The van der Waals surface area contributed by atoms with Crippen LogP contribution in [-0.2, 0) is 6.61 Å². The van der Waals surface area contributed by atoms with Crippen LogP contribution >= 0.6 is 0 Å². The molecule has 0 atom stereocenters. The number of rotatable bonds is 3. The van der Waals surface area contributed by atoms with E-state index in [9.17, 15) is 0 Å². The summed E-state index contributed by atoms with van der Waals surface area (Å²) in [6, 6.07) is 14.0. The molecule has 96 valence electrons. The molecule has 0 unspecified atom stereocenters. The summed E-state index contributed by atoms with van der Waals surface area (Å²) in [7, 11) is 0. The van der Waals surface area contributed by atoms with Gasteiger partial charge in [0, 0.05) is 0 Å². The van der Waals surface area contributed by atoms with Crippen molar-refractivity contribution in [3.63, 3.8) is 0 Å². The first-order valence-corrected chi connectivity index (χ1v) is 6.30. The molecule has 2 aromatic carbocycles. The third-order valence-corrected chi connectivity index (χ3v) is 3.25. The Morgan fingerprint density at radius 2 is 1.68 bits per heavy atom. The van der Waals surface area contributed by atoms with Crippen molar-refractivity contribution < 1.29 is 4.74 Å². The summed E-state index contributed by atoms with van der Waals surface area (Å²) in [6.07, 6.45) is 0. The molecule has 0 bridgehead atoms. The Bertz CT molecular complexity index is 618. The van der Waals surface area contributed by atoms with Gasteiger partial charge in [0.2, 0.25) is 0 Å². The van der Waals surface area contributed by atoms with E-state index in [2.05, 4.69) is 6.07 Å². The molecule has 0 saturated carbocycles. The van der Waals surface area contributed by atoms with Gasteiger partial charge in [-0.25, -0.2) is 0 Å². The van der Waals surface area contributed by atoms with Gasteiger partial charge in [0.1, 0.15) is 12.4 Å². The SMILES string of the molecule is Cc1cc(C#N)ccc1COc1c(C)cccc1C. The minimum absolute atomic E-state index is 0.531. The van der Waals surface area contributed by atoms with E-state index >= 15 is 0 Å². The first-order chi connectivity index (χ1) is 9.11. The number of nitriles is 1. The Hall–Kier alpha value is -2.27. The van der Waals surface area contributed by atoms with E-state index in [0.29, 0.717) is 12.2 Å². The highest BCUT2D eigenvalue weighted by Gasteiger charge is 2.05. The molecule has 0 aromatic heterocycles. The van der Waals surface area contributed by atoms with Crippen LogP contribution < -0.4 is 4.74 Å². The molecule has 2 heteroatoms. The molecular weight excluding hydrogens is 234 g/mol. The van der Waals surface area contributed by atoms with Gasteiger partial charge in [-0.15, -0.1) is 0 Å². The highest BCUT2D eigenvalue weighted by Crippen LogP contribution is 2.24. The summed E-state index contributed by atoms with van der Waals surface area (Å²) in [5.74, 6) is 0.950. The van der Waals surface area contributed by atoms with Gasteiger partial charge in [0.25, 0.3) is 0 Å². The van der Waals surface area contributed by atoms with Crippen molar-refractivity contribution in [2.45, 2.75) is 27.4 Å².